The van der Waals surface area contributed by atoms with Crippen LogP contribution in [0.1, 0.15) is 48.8 Å². The Hall–Kier alpha value is -0.380. The molecule has 3 rings (SSSR count). The van der Waals surface area contributed by atoms with E-state index in [1.54, 1.807) is 4.88 Å². The molecule has 0 radical (unpaired) electrons. The Morgan fingerprint density at radius 3 is 2.74 bits per heavy atom. The van der Waals surface area contributed by atoms with Crippen LogP contribution >= 0.6 is 11.3 Å². The van der Waals surface area contributed by atoms with Gasteiger partial charge in [-0.25, -0.2) is 0 Å². The van der Waals surface area contributed by atoms with Gasteiger partial charge in [0.15, 0.2) is 0 Å². The summed E-state index contributed by atoms with van der Waals surface area (Å²) in [5, 5.41) is 3.85. The third-order valence-corrected chi connectivity index (χ3v) is 5.90. The van der Waals surface area contributed by atoms with Crippen molar-refractivity contribution >= 4 is 11.3 Å². The van der Waals surface area contributed by atoms with Crippen molar-refractivity contribution in [3.63, 3.8) is 0 Å². The molecule has 1 aromatic heterocycles. The molecule has 3 heteroatoms. The third-order valence-electron chi connectivity index (χ3n) is 4.68. The lowest BCUT2D eigenvalue weighted by molar-refractivity contribution is 0.205. The maximum absolute atomic E-state index is 3.85. The van der Waals surface area contributed by atoms with Crippen molar-refractivity contribution in [2.45, 2.75) is 57.5 Å². The van der Waals surface area contributed by atoms with Crippen molar-refractivity contribution in [2.24, 2.45) is 0 Å². The zero-order chi connectivity index (χ0) is 13.1. The maximum Gasteiger partial charge on any atom is 0.0328 e. The minimum absolute atomic E-state index is 0.446. The van der Waals surface area contributed by atoms with Crippen LogP contribution in [0.4, 0.5) is 0 Å². The summed E-state index contributed by atoms with van der Waals surface area (Å²) in [5.74, 6) is 0. The summed E-state index contributed by atoms with van der Waals surface area (Å²) in [4.78, 5) is 5.77. The van der Waals surface area contributed by atoms with Crippen LogP contribution in [0.15, 0.2) is 12.1 Å². The topological polar surface area (TPSA) is 15.3 Å². The van der Waals surface area contributed by atoms with Crippen molar-refractivity contribution in [1.29, 1.82) is 0 Å². The van der Waals surface area contributed by atoms with Gasteiger partial charge in [0.05, 0.1) is 0 Å². The van der Waals surface area contributed by atoms with E-state index in [2.05, 4.69) is 29.3 Å². The molecule has 1 aliphatic carbocycles. The number of hydrogen-bond acceptors (Lipinski definition) is 3. The Balaban J connectivity index is 1.65. The zero-order valence-corrected chi connectivity index (χ0v) is 12.9. The first kappa shape index (κ1) is 13.6. The van der Waals surface area contributed by atoms with E-state index in [9.17, 15) is 0 Å². The molecule has 1 saturated carbocycles. The van der Waals surface area contributed by atoms with Crippen LogP contribution in [-0.2, 0) is 13.0 Å². The first-order valence-corrected chi connectivity index (χ1v) is 8.66. The smallest absolute Gasteiger partial charge is 0.0328 e. The van der Waals surface area contributed by atoms with Crippen molar-refractivity contribution < 1.29 is 0 Å². The van der Waals surface area contributed by atoms with Gasteiger partial charge in [0, 0.05) is 28.4 Å². The monoisotopic (exact) mass is 278 g/mol. The number of thiophene rings is 1. The van der Waals surface area contributed by atoms with E-state index in [0.717, 1.165) is 6.54 Å². The van der Waals surface area contributed by atoms with Gasteiger partial charge in [-0.15, -0.1) is 11.3 Å². The molecule has 0 amide bonds. The van der Waals surface area contributed by atoms with Crippen LogP contribution in [0.25, 0.3) is 0 Å². The van der Waals surface area contributed by atoms with E-state index in [0.29, 0.717) is 5.54 Å². The van der Waals surface area contributed by atoms with E-state index in [4.69, 9.17) is 0 Å². The average Bonchev–Trinajstić information content (AvgIpc) is 2.99. The fourth-order valence-corrected chi connectivity index (χ4v) is 4.66. The summed E-state index contributed by atoms with van der Waals surface area (Å²) in [5.41, 5.74) is 0.446. The number of rotatable bonds is 3. The van der Waals surface area contributed by atoms with Gasteiger partial charge in [-0.05, 0) is 50.9 Å². The van der Waals surface area contributed by atoms with Crippen LogP contribution in [-0.4, -0.2) is 30.1 Å². The van der Waals surface area contributed by atoms with Crippen LogP contribution in [0.5, 0.6) is 0 Å². The van der Waals surface area contributed by atoms with Gasteiger partial charge in [-0.2, -0.15) is 0 Å². The average molecular weight is 278 g/mol. The Labute approximate surface area is 121 Å². The van der Waals surface area contributed by atoms with Gasteiger partial charge in [-0.1, -0.05) is 19.8 Å². The van der Waals surface area contributed by atoms with E-state index >= 15 is 0 Å². The van der Waals surface area contributed by atoms with E-state index in [1.807, 2.05) is 11.3 Å². The zero-order valence-electron chi connectivity index (χ0n) is 12.1. The lowest BCUT2D eigenvalue weighted by Crippen LogP contribution is -2.49. The third kappa shape index (κ3) is 3.21. The molecule has 2 fully saturated rings. The fourth-order valence-electron chi connectivity index (χ4n) is 3.66. The molecule has 0 atom stereocenters. The molecule has 1 aromatic rings. The van der Waals surface area contributed by atoms with E-state index in [-0.39, 0.29) is 0 Å². The van der Waals surface area contributed by atoms with Gasteiger partial charge in [0.2, 0.25) is 0 Å². The Morgan fingerprint density at radius 1 is 1.21 bits per heavy atom. The second-order valence-corrected chi connectivity index (χ2v) is 7.45. The molecular weight excluding hydrogens is 252 g/mol. The predicted octanol–water partition coefficient (Wildman–Crippen LogP) is 3.42. The highest BCUT2D eigenvalue weighted by molar-refractivity contribution is 7.11. The fraction of sp³-hybridized carbons (Fsp3) is 0.750. The maximum atomic E-state index is 3.85. The molecule has 2 heterocycles. The van der Waals surface area contributed by atoms with Crippen molar-refractivity contribution in [3.05, 3.63) is 21.9 Å². The highest BCUT2D eigenvalue weighted by atomic mass is 32.1. The van der Waals surface area contributed by atoms with Gasteiger partial charge >= 0.3 is 0 Å². The number of hydrogen-bond donors (Lipinski definition) is 1. The molecule has 0 bridgehead atoms. The molecule has 106 valence electrons. The first-order chi connectivity index (χ1) is 9.30. The molecule has 1 saturated heterocycles. The van der Waals surface area contributed by atoms with Crippen molar-refractivity contribution in [1.82, 2.24) is 10.2 Å². The van der Waals surface area contributed by atoms with Gasteiger partial charge in [0.1, 0.15) is 0 Å². The highest BCUT2D eigenvalue weighted by Crippen LogP contribution is 2.32. The summed E-state index contributed by atoms with van der Waals surface area (Å²) in [7, 11) is 0. The molecule has 1 N–H and O–H groups in total. The summed E-state index contributed by atoms with van der Waals surface area (Å²) in [6.45, 7) is 7.13. The Kier molecular flexibility index (Phi) is 4.25. The minimum Gasteiger partial charge on any atom is -0.310 e. The Morgan fingerprint density at radius 2 is 2.00 bits per heavy atom. The highest BCUT2D eigenvalue weighted by Gasteiger charge is 2.36. The molecule has 0 aromatic carbocycles. The standard InChI is InChI=1S/C16H26N2S/c1-2-14-6-7-15(19-14)12-18-11-5-10-17-16(13-18)8-3-4-9-16/h6-7,17H,2-5,8-13H2,1H3. The summed E-state index contributed by atoms with van der Waals surface area (Å²) in [6.07, 6.45) is 8.08. The number of aryl methyl sites for hydroxylation is 1. The molecule has 1 aliphatic heterocycles. The van der Waals surface area contributed by atoms with Crippen LogP contribution < -0.4 is 5.32 Å². The summed E-state index contributed by atoms with van der Waals surface area (Å²) < 4.78 is 0. The molecular formula is C16H26N2S. The SMILES string of the molecule is CCc1ccc(CN2CCCNC3(CCCC3)C2)s1. The second-order valence-electron chi connectivity index (χ2n) is 6.20. The van der Waals surface area contributed by atoms with Crippen LogP contribution in [0.3, 0.4) is 0 Å². The minimum atomic E-state index is 0.446. The normalized spacial score (nSPS) is 23.8. The molecule has 2 nitrogen and oxygen atoms in total. The Bertz CT molecular complexity index is 407. The largest absolute Gasteiger partial charge is 0.310 e. The molecule has 2 aliphatic rings. The van der Waals surface area contributed by atoms with Gasteiger partial charge in [-0.3, -0.25) is 4.90 Å². The summed E-state index contributed by atoms with van der Waals surface area (Å²) >= 11 is 2.00. The van der Waals surface area contributed by atoms with E-state index < -0.39 is 0 Å². The lowest BCUT2D eigenvalue weighted by atomic mass is 9.97. The van der Waals surface area contributed by atoms with Crippen LogP contribution in [0, 0.1) is 0 Å². The quantitative estimate of drug-likeness (QED) is 0.911. The summed E-state index contributed by atoms with van der Waals surface area (Å²) in [6, 6.07) is 4.64. The van der Waals surface area contributed by atoms with Gasteiger partial charge in [0.25, 0.3) is 0 Å². The van der Waals surface area contributed by atoms with Gasteiger partial charge < -0.3 is 5.32 Å². The first-order valence-electron chi connectivity index (χ1n) is 7.85. The van der Waals surface area contributed by atoms with Crippen LogP contribution in [0.2, 0.25) is 0 Å². The van der Waals surface area contributed by atoms with Crippen molar-refractivity contribution in [3.8, 4) is 0 Å². The molecule has 1 spiro atoms. The molecule has 0 unspecified atom stereocenters. The second kappa shape index (κ2) is 5.94. The molecule has 19 heavy (non-hydrogen) atoms. The van der Waals surface area contributed by atoms with Crippen molar-refractivity contribution in [2.75, 3.05) is 19.6 Å². The number of nitrogens with one attached hydrogen (secondary N) is 1. The lowest BCUT2D eigenvalue weighted by Gasteiger charge is -2.33. The predicted molar refractivity (Wildman–Crippen MR) is 82.8 cm³/mol. The number of nitrogens with zero attached hydrogens (tertiary/aromatic N) is 1. The van der Waals surface area contributed by atoms with E-state index in [1.165, 1.54) is 63.0 Å².